The molecule has 1 aromatic carbocycles. The van der Waals surface area contributed by atoms with Crippen LogP contribution in [-0.4, -0.2) is 90.3 Å². The maximum absolute atomic E-state index is 14.1. The van der Waals surface area contributed by atoms with E-state index in [2.05, 4.69) is 41.3 Å². The number of carbonyl (C=O) groups is 2. The van der Waals surface area contributed by atoms with E-state index < -0.39 is 29.1 Å². The zero-order chi connectivity index (χ0) is 35.0. The number of rotatable bonds is 7. The lowest BCUT2D eigenvalue weighted by Crippen LogP contribution is -2.51. The first-order valence-electron chi connectivity index (χ1n) is 15.4. The third-order valence-electron chi connectivity index (χ3n) is 8.37. The summed E-state index contributed by atoms with van der Waals surface area (Å²) in [6.07, 6.45) is -0.682. The standard InChI is InChI=1S/C31H31BrF3N9O5/c1-3-22-25(41-8-10-42(11-9-41)28(47)24-26(46)17(2)36-16-37-24)29(48)44-30(39-27(40-44)18-6-12-49-13-7-18)43(22)15-23(45)38-21-5-4-19(14-20(21)32)31(33,34)35/h4-6,14,16,46H,3,7-13,15H2,1-2H3,(H,38,45). The first-order chi connectivity index (χ1) is 23.4. The number of anilines is 2. The molecule has 0 aliphatic carbocycles. The van der Waals surface area contributed by atoms with Gasteiger partial charge in [-0.3, -0.25) is 14.4 Å². The van der Waals surface area contributed by atoms with Gasteiger partial charge in [0.05, 0.1) is 35.9 Å². The number of halogens is 4. The van der Waals surface area contributed by atoms with E-state index in [0.29, 0.717) is 37.6 Å². The fourth-order valence-corrected chi connectivity index (χ4v) is 6.31. The van der Waals surface area contributed by atoms with Gasteiger partial charge in [-0.05, 0) is 59.5 Å². The molecule has 14 nitrogen and oxygen atoms in total. The van der Waals surface area contributed by atoms with Crippen molar-refractivity contribution in [3.63, 3.8) is 0 Å². The Morgan fingerprint density at radius 1 is 1.14 bits per heavy atom. The molecule has 2 amide bonds. The molecule has 2 N–H and O–H groups in total. The van der Waals surface area contributed by atoms with Crippen molar-refractivity contribution in [3.8, 4) is 5.75 Å². The second kappa shape index (κ2) is 13.6. The number of ether oxygens (including phenoxy) is 1. The van der Waals surface area contributed by atoms with Crippen LogP contribution in [0.5, 0.6) is 5.75 Å². The summed E-state index contributed by atoms with van der Waals surface area (Å²) in [5.41, 5.74) is 0.527. The Morgan fingerprint density at radius 2 is 1.90 bits per heavy atom. The summed E-state index contributed by atoms with van der Waals surface area (Å²) in [6.45, 7) is 4.79. The van der Waals surface area contributed by atoms with E-state index in [1.54, 1.807) is 11.5 Å². The summed E-state index contributed by atoms with van der Waals surface area (Å²) in [7, 11) is 0. The monoisotopic (exact) mass is 745 g/mol. The molecule has 0 bridgehead atoms. The van der Waals surface area contributed by atoms with E-state index >= 15 is 0 Å². The predicted molar refractivity (Wildman–Crippen MR) is 174 cm³/mol. The number of carbonyl (C=O) groups excluding carboxylic acids is 2. The lowest BCUT2D eigenvalue weighted by atomic mass is 10.1. The first kappa shape index (κ1) is 34.0. The summed E-state index contributed by atoms with van der Waals surface area (Å²) in [4.78, 5) is 56.7. The Balaban J connectivity index is 1.35. The number of piperazine rings is 1. The molecule has 4 aromatic rings. The van der Waals surface area contributed by atoms with Gasteiger partial charge in [-0.1, -0.05) is 13.0 Å². The number of fused-ring (bicyclic) bond motifs is 1. The summed E-state index contributed by atoms with van der Waals surface area (Å²) in [6, 6.07) is 2.92. The lowest BCUT2D eigenvalue weighted by molar-refractivity contribution is -0.137. The van der Waals surface area contributed by atoms with Crippen LogP contribution < -0.4 is 15.8 Å². The summed E-state index contributed by atoms with van der Waals surface area (Å²) in [5.74, 6) is -0.896. The number of aromatic nitrogens is 6. The van der Waals surface area contributed by atoms with Crippen LogP contribution in [0.2, 0.25) is 0 Å². The van der Waals surface area contributed by atoms with Crippen molar-refractivity contribution in [2.75, 3.05) is 49.6 Å². The molecule has 3 aromatic heterocycles. The topological polar surface area (TPSA) is 160 Å². The largest absolute Gasteiger partial charge is 0.504 e. The van der Waals surface area contributed by atoms with E-state index in [9.17, 15) is 32.7 Å². The normalized spacial score (nSPS) is 15.4. The molecule has 18 heteroatoms. The van der Waals surface area contributed by atoms with Crippen LogP contribution in [0.1, 0.15) is 46.6 Å². The predicted octanol–water partition coefficient (Wildman–Crippen LogP) is 3.44. The molecule has 5 heterocycles. The van der Waals surface area contributed by atoms with Crippen LogP contribution in [0, 0.1) is 6.92 Å². The quantitative estimate of drug-likeness (QED) is 0.287. The van der Waals surface area contributed by atoms with Crippen molar-refractivity contribution in [1.82, 2.24) is 34.0 Å². The second-order valence-electron chi connectivity index (χ2n) is 11.4. The first-order valence-corrected chi connectivity index (χ1v) is 16.2. The molecule has 49 heavy (non-hydrogen) atoms. The van der Waals surface area contributed by atoms with Crippen LogP contribution in [0.3, 0.4) is 0 Å². The number of nitrogens with one attached hydrogen (secondary N) is 1. The van der Waals surface area contributed by atoms with Gasteiger partial charge in [-0.15, -0.1) is 5.10 Å². The highest BCUT2D eigenvalue weighted by atomic mass is 79.9. The highest BCUT2D eigenvalue weighted by Crippen LogP contribution is 2.34. The number of hydrogen-bond acceptors (Lipinski definition) is 10. The molecule has 2 aliphatic rings. The van der Waals surface area contributed by atoms with Gasteiger partial charge in [0.1, 0.15) is 18.6 Å². The van der Waals surface area contributed by atoms with Crippen molar-refractivity contribution < 1.29 is 32.6 Å². The van der Waals surface area contributed by atoms with Gasteiger partial charge in [0, 0.05) is 30.7 Å². The van der Waals surface area contributed by atoms with E-state index in [4.69, 9.17) is 4.74 Å². The lowest BCUT2D eigenvalue weighted by Gasteiger charge is -2.36. The third kappa shape index (κ3) is 6.74. The van der Waals surface area contributed by atoms with Gasteiger partial charge in [0.25, 0.3) is 11.5 Å². The molecule has 1 fully saturated rings. The number of nitrogens with zero attached hydrogens (tertiary/aromatic N) is 8. The van der Waals surface area contributed by atoms with Crippen molar-refractivity contribution in [2.45, 2.75) is 39.4 Å². The maximum atomic E-state index is 14.1. The molecule has 258 valence electrons. The van der Waals surface area contributed by atoms with Crippen LogP contribution >= 0.6 is 15.9 Å². The highest BCUT2D eigenvalue weighted by molar-refractivity contribution is 9.10. The molecular weight excluding hydrogens is 715 g/mol. The molecule has 0 spiro atoms. The summed E-state index contributed by atoms with van der Waals surface area (Å²) < 4.78 is 47.8. The van der Waals surface area contributed by atoms with Crippen molar-refractivity contribution in [2.24, 2.45) is 0 Å². The minimum Gasteiger partial charge on any atom is -0.504 e. The Morgan fingerprint density at radius 3 is 2.55 bits per heavy atom. The minimum absolute atomic E-state index is 0.0474. The van der Waals surface area contributed by atoms with Crippen LogP contribution in [0.25, 0.3) is 11.4 Å². The van der Waals surface area contributed by atoms with Gasteiger partial charge in [0.2, 0.25) is 11.7 Å². The van der Waals surface area contributed by atoms with Gasteiger partial charge in [-0.25, -0.2) is 9.97 Å². The SMILES string of the molecule is CCc1c(N2CCN(C(=O)c3ncnc(C)c3O)CC2)c(=O)n2nc(C3=CCOCC3)nc2n1CC(=O)Nc1ccc(C(F)(F)F)cc1Br. The Kier molecular flexibility index (Phi) is 9.43. The van der Waals surface area contributed by atoms with Crippen LogP contribution in [0.4, 0.5) is 24.5 Å². The zero-order valence-electron chi connectivity index (χ0n) is 26.4. The fraction of sp³-hybridized carbons (Fsp3) is 0.387. The van der Waals surface area contributed by atoms with Gasteiger partial charge >= 0.3 is 6.18 Å². The number of hydrogen-bond donors (Lipinski definition) is 2. The molecule has 0 unspecified atom stereocenters. The van der Waals surface area contributed by atoms with E-state index in [1.165, 1.54) is 11.2 Å². The Hall–Kier alpha value is -4.84. The van der Waals surface area contributed by atoms with Gasteiger partial charge < -0.3 is 29.5 Å². The summed E-state index contributed by atoms with van der Waals surface area (Å²) >= 11 is 3.12. The maximum Gasteiger partial charge on any atom is 0.416 e. The number of amides is 2. The number of aromatic hydroxyl groups is 1. The number of alkyl halides is 3. The molecule has 6 rings (SSSR count). The average Bonchev–Trinajstić information content (AvgIpc) is 3.54. The molecular formula is C31H31BrF3N9O5. The van der Waals surface area contributed by atoms with Crippen molar-refractivity contribution in [3.05, 3.63) is 73.9 Å². The molecule has 1 saturated heterocycles. The summed E-state index contributed by atoms with van der Waals surface area (Å²) in [5, 5.41) is 17.5. The second-order valence-corrected chi connectivity index (χ2v) is 12.3. The van der Waals surface area contributed by atoms with Crippen LogP contribution in [0.15, 0.2) is 39.9 Å². The van der Waals surface area contributed by atoms with E-state index in [1.807, 2.05) is 17.9 Å². The van der Waals surface area contributed by atoms with Crippen molar-refractivity contribution in [1.29, 1.82) is 0 Å². The Labute approximate surface area is 285 Å². The smallest absolute Gasteiger partial charge is 0.416 e. The molecule has 0 radical (unpaired) electrons. The highest BCUT2D eigenvalue weighted by Gasteiger charge is 2.32. The minimum atomic E-state index is -4.56. The van der Waals surface area contributed by atoms with E-state index in [0.717, 1.165) is 28.3 Å². The number of aryl methyl sites for hydroxylation is 1. The number of benzene rings is 1. The average molecular weight is 747 g/mol. The van der Waals surface area contributed by atoms with E-state index in [-0.39, 0.29) is 71.5 Å². The zero-order valence-corrected chi connectivity index (χ0v) is 28.0. The third-order valence-corrected chi connectivity index (χ3v) is 9.03. The molecule has 0 atom stereocenters. The fourth-order valence-electron chi connectivity index (χ4n) is 5.83. The Bertz CT molecular complexity index is 2040. The molecule has 2 aliphatic heterocycles. The van der Waals surface area contributed by atoms with Crippen LogP contribution in [-0.2, 0) is 28.7 Å². The van der Waals surface area contributed by atoms with Gasteiger partial charge in [-0.2, -0.15) is 22.7 Å². The van der Waals surface area contributed by atoms with Gasteiger partial charge in [0.15, 0.2) is 17.3 Å². The van der Waals surface area contributed by atoms with Crippen molar-refractivity contribution >= 4 is 50.5 Å². The molecule has 0 saturated carbocycles.